The molecular formula is C22H15NO2. The predicted octanol–water partition coefficient (Wildman–Crippen LogP) is 4.88. The van der Waals surface area contributed by atoms with Crippen LogP contribution in [-0.2, 0) is 6.42 Å². The summed E-state index contributed by atoms with van der Waals surface area (Å²) < 4.78 is 0. The van der Waals surface area contributed by atoms with Gasteiger partial charge in [-0.1, -0.05) is 30.3 Å². The van der Waals surface area contributed by atoms with Crippen molar-refractivity contribution < 1.29 is 10.2 Å². The van der Waals surface area contributed by atoms with E-state index >= 15 is 0 Å². The maximum atomic E-state index is 10.00. The van der Waals surface area contributed by atoms with E-state index in [9.17, 15) is 10.2 Å². The van der Waals surface area contributed by atoms with Crippen molar-refractivity contribution in [1.82, 2.24) is 4.98 Å². The SMILES string of the molecule is Oc1ccc2c(c1)Cc1c-2nc2ccc(O)cc2c1-c1ccccc1. The average molecular weight is 325 g/mol. The highest BCUT2D eigenvalue weighted by Gasteiger charge is 2.25. The van der Waals surface area contributed by atoms with E-state index in [4.69, 9.17) is 4.98 Å². The van der Waals surface area contributed by atoms with Crippen LogP contribution in [0, 0.1) is 0 Å². The zero-order valence-corrected chi connectivity index (χ0v) is 13.4. The molecule has 4 aromatic rings. The Morgan fingerprint density at radius 2 is 1.56 bits per heavy atom. The van der Waals surface area contributed by atoms with Crippen LogP contribution in [0.3, 0.4) is 0 Å². The number of phenols is 2. The largest absolute Gasteiger partial charge is 0.508 e. The summed E-state index contributed by atoms with van der Waals surface area (Å²) in [4.78, 5) is 4.86. The molecule has 0 atom stereocenters. The number of hydrogen-bond acceptors (Lipinski definition) is 3. The molecular weight excluding hydrogens is 310 g/mol. The Balaban J connectivity index is 1.90. The Morgan fingerprint density at radius 3 is 2.40 bits per heavy atom. The minimum atomic E-state index is 0.236. The monoisotopic (exact) mass is 325 g/mol. The van der Waals surface area contributed by atoms with Gasteiger partial charge in [0.2, 0.25) is 0 Å². The summed E-state index contributed by atoms with van der Waals surface area (Å²) in [5, 5.41) is 20.8. The molecule has 1 aliphatic carbocycles. The summed E-state index contributed by atoms with van der Waals surface area (Å²) in [7, 11) is 0. The molecule has 1 aromatic heterocycles. The molecule has 0 amide bonds. The smallest absolute Gasteiger partial charge is 0.116 e. The van der Waals surface area contributed by atoms with Crippen LogP contribution >= 0.6 is 0 Å². The number of phenolic OH excluding ortho intramolecular Hbond substituents is 2. The normalized spacial score (nSPS) is 12.2. The molecule has 5 rings (SSSR count). The van der Waals surface area contributed by atoms with Crippen molar-refractivity contribution in [2.45, 2.75) is 6.42 Å². The van der Waals surface area contributed by atoms with Gasteiger partial charge in [0.15, 0.2) is 0 Å². The molecule has 0 saturated carbocycles. The second kappa shape index (κ2) is 5.08. The third kappa shape index (κ3) is 2.09. The summed E-state index contributed by atoms with van der Waals surface area (Å²) in [5.41, 5.74) is 7.33. The molecule has 0 unspecified atom stereocenters. The predicted molar refractivity (Wildman–Crippen MR) is 98.8 cm³/mol. The van der Waals surface area contributed by atoms with Crippen LogP contribution in [0.2, 0.25) is 0 Å². The standard InChI is InChI=1S/C22H15NO2/c24-15-6-8-17-14(10-15)11-19-21(13-4-2-1-3-5-13)18-12-16(25)7-9-20(18)23-22(17)19/h1-10,12,24-25H,11H2. The fraction of sp³-hybridized carbons (Fsp3) is 0.0455. The molecule has 2 N–H and O–H groups in total. The highest BCUT2D eigenvalue weighted by atomic mass is 16.3. The maximum absolute atomic E-state index is 10.00. The van der Waals surface area contributed by atoms with E-state index in [-0.39, 0.29) is 11.5 Å². The summed E-state index contributed by atoms with van der Waals surface area (Å²) in [6, 6.07) is 21.0. The molecule has 120 valence electrons. The maximum Gasteiger partial charge on any atom is 0.116 e. The van der Waals surface area contributed by atoms with Crippen molar-refractivity contribution >= 4 is 10.9 Å². The van der Waals surface area contributed by atoms with Crippen LogP contribution in [-0.4, -0.2) is 15.2 Å². The Labute approximate surface area is 144 Å². The Bertz CT molecular complexity index is 1130. The van der Waals surface area contributed by atoms with Gasteiger partial charge in [-0.25, -0.2) is 4.98 Å². The van der Waals surface area contributed by atoms with Crippen LogP contribution in [0.25, 0.3) is 33.3 Å². The number of nitrogens with zero attached hydrogens (tertiary/aromatic N) is 1. The fourth-order valence-electron chi connectivity index (χ4n) is 3.77. The molecule has 0 radical (unpaired) electrons. The van der Waals surface area contributed by atoms with Gasteiger partial charge in [-0.2, -0.15) is 0 Å². The Morgan fingerprint density at radius 1 is 0.800 bits per heavy atom. The van der Waals surface area contributed by atoms with Crippen LogP contribution < -0.4 is 0 Å². The number of aromatic nitrogens is 1. The van der Waals surface area contributed by atoms with Crippen LogP contribution in [0.1, 0.15) is 11.1 Å². The van der Waals surface area contributed by atoms with Crippen LogP contribution in [0.5, 0.6) is 11.5 Å². The molecule has 0 bridgehead atoms. The van der Waals surface area contributed by atoms with Gasteiger partial charge in [-0.3, -0.25) is 0 Å². The van der Waals surface area contributed by atoms with Gasteiger partial charge in [-0.05, 0) is 58.7 Å². The highest BCUT2D eigenvalue weighted by Crippen LogP contribution is 2.44. The van der Waals surface area contributed by atoms with Crippen LogP contribution in [0.15, 0.2) is 66.7 Å². The lowest BCUT2D eigenvalue weighted by Gasteiger charge is -2.13. The van der Waals surface area contributed by atoms with Gasteiger partial charge in [-0.15, -0.1) is 0 Å². The van der Waals surface area contributed by atoms with Crippen molar-refractivity contribution in [1.29, 1.82) is 0 Å². The summed E-state index contributed by atoms with van der Waals surface area (Å²) in [5.74, 6) is 0.509. The number of aromatic hydroxyl groups is 2. The fourth-order valence-corrected chi connectivity index (χ4v) is 3.77. The number of benzene rings is 3. The number of pyridine rings is 1. The first-order valence-electron chi connectivity index (χ1n) is 8.24. The van der Waals surface area contributed by atoms with E-state index in [0.29, 0.717) is 0 Å². The van der Waals surface area contributed by atoms with E-state index in [1.807, 2.05) is 36.4 Å². The van der Waals surface area contributed by atoms with Gasteiger partial charge in [0.05, 0.1) is 11.2 Å². The molecule has 1 aliphatic rings. The third-order valence-electron chi connectivity index (χ3n) is 4.84. The van der Waals surface area contributed by atoms with E-state index in [0.717, 1.165) is 50.8 Å². The lowest BCUT2D eigenvalue weighted by atomic mass is 9.94. The number of fused-ring (bicyclic) bond motifs is 4. The second-order valence-corrected chi connectivity index (χ2v) is 6.40. The summed E-state index contributed by atoms with van der Waals surface area (Å²) in [6.45, 7) is 0. The van der Waals surface area contributed by atoms with Gasteiger partial charge in [0, 0.05) is 17.4 Å². The first-order chi connectivity index (χ1) is 12.2. The zero-order valence-electron chi connectivity index (χ0n) is 13.4. The van der Waals surface area contributed by atoms with Gasteiger partial charge in [0.1, 0.15) is 11.5 Å². The molecule has 0 fully saturated rings. The van der Waals surface area contributed by atoms with Crippen molar-refractivity contribution in [2.75, 3.05) is 0 Å². The molecule has 0 spiro atoms. The quantitative estimate of drug-likeness (QED) is 0.461. The third-order valence-corrected chi connectivity index (χ3v) is 4.84. The lowest BCUT2D eigenvalue weighted by molar-refractivity contribution is 0.474. The van der Waals surface area contributed by atoms with Gasteiger partial charge in [0.25, 0.3) is 0 Å². The van der Waals surface area contributed by atoms with Crippen molar-refractivity contribution in [2.24, 2.45) is 0 Å². The topological polar surface area (TPSA) is 53.4 Å². The minimum Gasteiger partial charge on any atom is -0.508 e. The van der Waals surface area contributed by atoms with Crippen molar-refractivity contribution in [3.8, 4) is 33.9 Å². The van der Waals surface area contributed by atoms with Crippen molar-refractivity contribution in [3.63, 3.8) is 0 Å². The molecule has 1 heterocycles. The molecule has 0 aliphatic heterocycles. The summed E-state index contributed by atoms with van der Waals surface area (Å²) in [6.07, 6.45) is 0.724. The molecule has 25 heavy (non-hydrogen) atoms. The zero-order chi connectivity index (χ0) is 17.0. The Kier molecular flexibility index (Phi) is 2.86. The van der Waals surface area contributed by atoms with Crippen molar-refractivity contribution in [3.05, 3.63) is 77.9 Å². The molecule has 0 saturated heterocycles. The van der Waals surface area contributed by atoms with Gasteiger partial charge < -0.3 is 10.2 Å². The van der Waals surface area contributed by atoms with Gasteiger partial charge >= 0.3 is 0 Å². The first kappa shape index (κ1) is 14.1. The highest BCUT2D eigenvalue weighted by molar-refractivity contribution is 6.01. The molecule has 3 heteroatoms. The van der Waals surface area contributed by atoms with E-state index in [1.54, 1.807) is 18.2 Å². The minimum absolute atomic E-state index is 0.236. The Hall–Kier alpha value is -3.33. The molecule has 3 nitrogen and oxygen atoms in total. The van der Waals surface area contributed by atoms with E-state index in [2.05, 4.69) is 12.1 Å². The number of hydrogen-bond donors (Lipinski definition) is 2. The van der Waals surface area contributed by atoms with E-state index < -0.39 is 0 Å². The summed E-state index contributed by atoms with van der Waals surface area (Å²) >= 11 is 0. The molecule has 3 aromatic carbocycles. The number of rotatable bonds is 1. The average Bonchev–Trinajstić information content (AvgIpc) is 2.97. The lowest BCUT2D eigenvalue weighted by Crippen LogP contribution is -1.94. The second-order valence-electron chi connectivity index (χ2n) is 6.40. The van der Waals surface area contributed by atoms with Crippen LogP contribution in [0.4, 0.5) is 0 Å². The van der Waals surface area contributed by atoms with E-state index in [1.165, 1.54) is 0 Å². The first-order valence-corrected chi connectivity index (χ1v) is 8.24.